The van der Waals surface area contributed by atoms with Gasteiger partial charge in [-0.05, 0) is 46.9 Å². The molecule has 0 saturated heterocycles. The predicted molar refractivity (Wildman–Crippen MR) is 87.1 cm³/mol. The van der Waals surface area contributed by atoms with Crippen molar-refractivity contribution in [2.24, 2.45) is 0 Å². The Balaban J connectivity index is 2.16. The number of nitrogens with zero attached hydrogens (tertiary/aromatic N) is 1. The third kappa shape index (κ3) is 2.82. The summed E-state index contributed by atoms with van der Waals surface area (Å²) in [7, 11) is 0. The van der Waals surface area contributed by atoms with Crippen LogP contribution in [0.5, 0.6) is 0 Å². The van der Waals surface area contributed by atoms with Gasteiger partial charge in [0.1, 0.15) is 0 Å². The summed E-state index contributed by atoms with van der Waals surface area (Å²) >= 11 is 2.17. The van der Waals surface area contributed by atoms with Gasteiger partial charge in [0.2, 0.25) is 5.89 Å². The summed E-state index contributed by atoms with van der Waals surface area (Å²) in [5.41, 5.74) is 1.38. The summed E-state index contributed by atoms with van der Waals surface area (Å²) in [4.78, 5) is 15.5. The minimum Gasteiger partial charge on any atom is -0.476 e. The number of aromatic nitrogens is 1. The lowest BCUT2D eigenvalue weighted by Gasteiger charge is -1.99. The van der Waals surface area contributed by atoms with Gasteiger partial charge in [0, 0.05) is 14.7 Å². The second kappa shape index (κ2) is 5.69. The van der Waals surface area contributed by atoms with E-state index in [1.807, 2.05) is 54.6 Å². The highest BCUT2D eigenvalue weighted by atomic mass is 127. The lowest BCUT2D eigenvalue weighted by atomic mass is 10.1. The average molecular weight is 391 g/mol. The molecule has 3 rings (SSSR count). The van der Waals surface area contributed by atoms with Crippen molar-refractivity contribution >= 4 is 28.6 Å². The van der Waals surface area contributed by atoms with E-state index in [2.05, 4.69) is 27.6 Å². The fraction of sp³-hybridized carbons (Fsp3) is 0. The number of hydrogen-bond acceptors (Lipinski definition) is 3. The Hall–Kier alpha value is -2.15. The van der Waals surface area contributed by atoms with Crippen LogP contribution in [0.2, 0.25) is 0 Å². The molecule has 0 fully saturated rings. The third-order valence-electron chi connectivity index (χ3n) is 2.94. The first-order valence-corrected chi connectivity index (χ1v) is 7.28. The number of aromatic carboxylic acids is 1. The van der Waals surface area contributed by atoms with E-state index in [-0.39, 0.29) is 11.5 Å². The second-order valence-electron chi connectivity index (χ2n) is 4.38. The molecule has 0 aliphatic carbocycles. The first-order valence-electron chi connectivity index (χ1n) is 6.20. The van der Waals surface area contributed by atoms with Crippen molar-refractivity contribution < 1.29 is 14.3 Å². The van der Waals surface area contributed by atoms with Gasteiger partial charge >= 0.3 is 5.97 Å². The minimum atomic E-state index is -1.10. The highest BCUT2D eigenvalue weighted by Crippen LogP contribution is 2.30. The summed E-state index contributed by atoms with van der Waals surface area (Å²) in [6.07, 6.45) is 0. The molecule has 0 bridgehead atoms. The molecule has 0 saturated carbocycles. The van der Waals surface area contributed by atoms with Crippen molar-refractivity contribution in [3.8, 4) is 22.8 Å². The van der Waals surface area contributed by atoms with Gasteiger partial charge in [0.15, 0.2) is 11.5 Å². The van der Waals surface area contributed by atoms with Crippen LogP contribution in [0.3, 0.4) is 0 Å². The maximum absolute atomic E-state index is 11.4. The van der Waals surface area contributed by atoms with Gasteiger partial charge in [-0.2, -0.15) is 0 Å². The van der Waals surface area contributed by atoms with Crippen LogP contribution < -0.4 is 0 Å². The minimum absolute atomic E-state index is 0.0733. The summed E-state index contributed by atoms with van der Waals surface area (Å²) in [5, 5.41) is 9.33. The van der Waals surface area contributed by atoms with Gasteiger partial charge in [-0.15, -0.1) is 0 Å². The Bertz CT molecular complexity index is 796. The number of rotatable bonds is 3. The van der Waals surface area contributed by atoms with Crippen molar-refractivity contribution in [3.05, 3.63) is 63.9 Å². The molecule has 0 aliphatic rings. The molecule has 5 heteroatoms. The van der Waals surface area contributed by atoms with E-state index in [1.165, 1.54) is 0 Å². The molecule has 0 unspecified atom stereocenters. The Labute approximate surface area is 134 Å². The molecule has 104 valence electrons. The molecule has 0 spiro atoms. The molecule has 1 aromatic heterocycles. The van der Waals surface area contributed by atoms with Gasteiger partial charge in [-0.1, -0.05) is 30.3 Å². The molecule has 0 radical (unpaired) electrons. The lowest BCUT2D eigenvalue weighted by molar-refractivity contribution is 0.0691. The lowest BCUT2D eigenvalue weighted by Crippen LogP contribution is -1.98. The van der Waals surface area contributed by atoms with Crippen LogP contribution in [0.4, 0.5) is 0 Å². The van der Waals surface area contributed by atoms with E-state index >= 15 is 0 Å². The highest BCUT2D eigenvalue weighted by molar-refractivity contribution is 14.1. The maximum atomic E-state index is 11.4. The van der Waals surface area contributed by atoms with Crippen molar-refractivity contribution in [2.75, 3.05) is 0 Å². The number of benzene rings is 2. The molecule has 0 aliphatic heterocycles. The number of oxazole rings is 1. The summed E-state index contributed by atoms with van der Waals surface area (Å²) in [5.74, 6) is -0.517. The van der Waals surface area contributed by atoms with Crippen molar-refractivity contribution in [1.82, 2.24) is 4.98 Å². The van der Waals surface area contributed by atoms with Crippen LogP contribution in [0.15, 0.2) is 59.0 Å². The molecule has 0 amide bonds. The molecule has 1 heterocycles. The quantitative estimate of drug-likeness (QED) is 0.676. The predicted octanol–water partition coefficient (Wildman–Crippen LogP) is 4.31. The van der Waals surface area contributed by atoms with Crippen LogP contribution in [-0.4, -0.2) is 16.1 Å². The van der Waals surface area contributed by atoms with Gasteiger partial charge in [0.25, 0.3) is 0 Å². The summed E-state index contributed by atoms with van der Waals surface area (Å²) in [6.45, 7) is 0. The third-order valence-corrected chi connectivity index (χ3v) is 3.61. The number of halogens is 1. The van der Waals surface area contributed by atoms with Gasteiger partial charge in [0.05, 0.1) is 0 Å². The van der Waals surface area contributed by atoms with Crippen LogP contribution in [0.1, 0.15) is 10.5 Å². The molecule has 21 heavy (non-hydrogen) atoms. The Morgan fingerprint density at radius 1 is 1.05 bits per heavy atom. The molecule has 1 N–H and O–H groups in total. The van der Waals surface area contributed by atoms with Gasteiger partial charge < -0.3 is 9.52 Å². The van der Waals surface area contributed by atoms with E-state index in [0.717, 1.165) is 9.13 Å². The highest BCUT2D eigenvalue weighted by Gasteiger charge is 2.21. The Morgan fingerprint density at radius 2 is 1.76 bits per heavy atom. The zero-order valence-corrected chi connectivity index (χ0v) is 12.9. The average Bonchev–Trinajstić information content (AvgIpc) is 2.93. The van der Waals surface area contributed by atoms with Crippen molar-refractivity contribution in [3.63, 3.8) is 0 Å². The van der Waals surface area contributed by atoms with E-state index in [0.29, 0.717) is 11.5 Å². The van der Waals surface area contributed by atoms with Crippen LogP contribution in [0, 0.1) is 3.57 Å². The first-order chi connectivity index (χ1) is 10.1. The van der Waals surface area contributed by atoms with Crippen LogP contribution in [0.25, 0.3) is 22.8 Å². The van der Waals surface area contributed by atoms with Gasteiger partial charge in [-0.3, -0.25) is 0 Å². The zero-order chi connectivity index (χ0) is 14.8. The SMILES string of the molecule is O=C(O)c1nc(-c2ccccc2)oc1-c1cccc(I)c1. The topological polar surface area (TPSA) is 63.3 Å². The number of carboxylic acids is 1. The molecular formula is C16H10INO3. The summed E-state index contributed by atoms with van der Waals surface area (Å²) in [6, 6.07) is 16.7. The van der Waals surface area contributed by atoms with E-state index in [9.17, 15) is 9.90 Å². The molecular weight excluding hydrogens is 381 g/mol. The molecule has 4 nitrogen and oxygen atoms in total. The number of carbonyl (C=O) groups is 1. The molecule has 2 aromatic carbocycles. The van der Waals surface area contributed by atoms with Crippen LogP contribution in [-0.2, 0) is 0 Å². The van der Waals surface area contributed by atoms with Crippen molar-refractivity contribution in [2.45, 2.75) is 0 Å². The molecule has 0 atom stereocenters. The summed E-state index contributed by atoms with van der Waals surface area (Å²) < 4.78 is 6.71. The van der Waals surface area contributed by atoms with E-state index in [4.69, 9.17) is 4.42 Å². The smallest absolute Gasteiger partial charge is 0.358 e. The molecule has 3 aromatic rings. The maximum Gasteiger partial charge on any atom is 0.358 e. The van der Waals surface area contributed by atoms with E-state index in [1.54, 1.807) is 0 Å². The number of carboxylic acid groups (broad SMARTS) is 1. The first kappa shape index (κ1) is 13.8. The van der Waals surface area contributed by atoms with Crippen molar-refractivity contribution in [1.29, 1.82) is 0 Å². The standard InChI is InChI=1S/C16H10INO3/c17-12-8-4-7-11(9-12)14-13(16(19)20)18-15(21-14)10-5-2-1-3-6-10/h1-9H,(H,19,20). The van der Waals surface area contributed by atoms with Crippen LogP contribution >= 0.6 is 22.6 Å². The fourth-order valence-corrected chi connectivity index (χ4v) is 2.54. The fourth-order valence-electron chi connectivity index (χ4n) is 1.99. The second-order valence-corrected chi connectivity index (χ2v) is 5.62. The monoisotopic (exact) mass is 391 g/mol. The number of hydrogen-bond donors (Lipinski definition) is 1. The van der Waals surface area contributed by atoms with E-state index < -0.39 is 5.97 Å². The zero-order valence-electron chi connectivity index (χ0n) is 10.8. The van der Waals surface area contributed by atoms with Gasteiger partial charge in [-0.25, -0.2) is 9.78 Å². The Morgan fingerprint density at radius 3 is 2.43 bits per heavy atom. The normalized spacial score (nSPS) is 10.5. The Kier molecular flexibility index (Phi) is 3.74. The largest absolute Gasteiger partial charge is 0.476 e.